The van der Waals surface area contributed by atoms with Crippen LogP contribution in [-0.2, 0) is 6.54 Å². The Morgan fingerprint density at radius 1 is 1.03 bits per heavy atom. The molecule has 2 aromatic rings. The average molecular weight is 455 g/mol. The standard InChI is InChI=1S/C23H30N6O2S/c1-16-5-4-10-29(14-16)21-12-20(28-8-2-3-9-28)25-22(26-21)27-23(32)24-13-17-6-7-18-19(11-17)31-15-30-18/h6-7,11-12,16H,2-5,8-10,13-15H2,1H3,(H2,24,25,26,27,32). The maximum absolute atomic E-state index is 5.55. The second kappa shape index (κ2) is 9.36. The van der Waals surface area contributed by atoms with Crippen molar-refractivity contribution in [2.24, 2.45) is 5.92 Å². The van der Waals surface area contributed by atoms with Gasteiger partial charge in [0.15, 0.2) is 16.6 Å². The third-order valence-corrected chi connectivity index (χ3v) is 6.47. The average Bonchev–Trinajstić information content (AvgIpc) is 3.49. The Bertz CT molecular complexity index is 981. The van der Waals surface area contributed by atoms with Gasteiger partial charge >= 0.3 is 0 Å². The Labute approximate surface area is 194 Å². The number of fused-ring (bicyclic) bond motifs is 1. The number of rotatable bonds is 5. The first kappa shape index (κ1) is 21.1. The van der Waals surface area contributed by atoms with Crippen LogP contribution in [0.5, 0.6) is 11.5 Å². The number of aromatic nitrogens is 2. The zero-order valence-electron chi connectivity index (χ0n) is 18.5. The van der Waals surface area contributed by atoms with Crippen LogP contribution in [-0.4, -0.2) is 48.1 Å². The SMILES string of the molecule is CC1CCCN(c2cc(N3CCCC3)nc(NC(=S)NCc3ccc4c(c3)OCO4)n2)C1. The summed E-state index contributed by atoms with van der Waals surface area (Å²) in [6, 6.07) is 8.03. The Morgan fingerprint density at radius 3 is 2.59 bits per heavy atom. The fourth-order valence-corrected chi connectivity index (χ4v) is 4.69. The van der Waals surface area contributed by atoms with Crippen LogP contribution >= 0.6 is 12.2 Å². The van der Waals surface area contributed by atoms with Crippen LogP contribution in [0.25, 0.3) is 0 Å². The lowest BCUT2D eigenvalue weighted by atomic mass is 10.0. The summed E-state index contributed by atoms with van der Waals surface area (Å²) >= 11 is 5.55. The van der Waals surface area contributed by atoms with Gasteiger partial charge in [-0.05, 0) is 61.5 Å². The largest absolute Gasteiger partial charge is 0.454 e. The van der Waals surface area contributed by atoms with Gasteiger partial charge in [-0.15, -0.1) is 0 Å². The number of anilines is 3. The van der Waals surface area contributed by atoms with Crippen LogP contribution in [0.4, 0.5) is 17.6 Å². The molecule has 32 heavy (non-hydrogen) atoms. The van der Waals surface area contributed by atoms with E-state index in [1.54, 1.807) is 0 Å². The fourth-order valence-electron chi connectivity index (χ4n) is 4.52. The lowest BCUT2D eigenvalue weighted by molar-refractivity contribution is 0.174. The van der Waals surface area contributed by atoms with E-state index in [-0.39, 0.29) is 6.79 Å². The second-order valence-corrected chi connectivity index (χ2v) is 9.20. The van der Waals surface area contributed by atoms with Gasteiger partial charge in [-0.1, -0.05) is 13.0 Å². The molecule has 0 saturated carbocycles. The zero-order chi connectivity index (χ0) is 21.9. The lowest BCUT2D eigenvalue weighted by Gasteiger charge is -2.32. The number of piperidine rings is 1. The summed E-state index contributed by atoms with van der Waals surface area (Å²) in [5, 5.41) is 6.96. The minimum absolute atomic E-state index is 0.273. The molecule has 1 aromatic heterocycles. The zero-order valence-corrected chi connectivity index (χ0v) is 19.3. The minimum Gasteiger partial charge on any atom is -0.454 e. The molecule has 2 saturated heterocycles. The predicted octanol–water partition coefficient (Wildman–Crippen LogP) is 3.53. The molecular weight excluding hydrogens is 424 g/mol. The molecule has 2 fully saturated rings. The first-order chi connectivity index (χ1) is 15.6. The molecule has 1 aromatic carbocycles. The van der Waals surface area contributed by atoms with Crippen LogP contribution in [0, 0.1) is 5.92 Å². The normalized spacial score (nSPS) is 19.8. The van der Waals surface area contributed by atoms with Crippen LogP contribution < -0.4 is 29.9 Å². The number of hydrogen-bond acceptors (Lipinski definition) is 7. The molecule has 170 valence electrons. The van der Waals surface area contributed by atoms with E-state index >= 15 is 0 Å². The number of hydrogen-bond donors (Lipinski definition) is 2. The van der Waals surface area contributed by atoms with Gasteiger partial charge in [-0.25, -0.2) is 0 Å². The van der Waals surface area contributed by atoms with Gasteiger partial charge in [-0.2, -0.15) is 9.97 Å². The van der Waals surface area contributed by atoms with Crippen molar-refractivity contribution in [2.75, 3.05) is 48.1 Å². The molecule has 2 N–H and O–H groups in total. The highest BCUT2D eigenvalue weighted by Crippen LogP contribution is 2.32. The first-order valence-corrected chi connectivity index (χ1v) is 11.9. The Morgan fingerprint density at radius 2 is 1.78 bits per heavy atom. The van der Waals surface area contributed by atoms with Crippen molar-refractivity contribution in [3.8, 4) is 11.5 Å². The molecule has 3 aliphatic rings. The quantitative estimate of drug-likeness (QED) is 0.660. The Balaban J connectivity index is 1.28. The molecule has 0 bridgehead atoms. The van der Waals surface area contributed by atoms with Crippen molar-refractivity contribution < 1.29 is 9.47 Å². The monoisotopic (exact) mass is 454 g/mol. The van der Waals surface area contributed by atoms with E-state index in [0.29, 0.717) is 23.5 Å². The van der Waals surface area contributed by atoms with Gasteiger partial charge in [0.25, 0.3) is 0 Å². The Hall–Kier alpha value is -2.81. The van der Waals surface area contributed by atoms with Gasteiger partial charge < -0.3 is 29.9 Å². The summed E-state index contributed by atoms with van der Waals surface area (Å²) in [7, 11) is 0. The third-order valence-electron chi connectivity index (χ3n) is 6.23. The maximum atomic E-state index is 5.55. The molecule has 3 aliphatic heterocycles. The van der Waals surface area contributed by atoms with Crippen molar-refractivity contribution in [2.45, 2.75) is 39.2 Å². The molecule has 0 aliphatic carbocycles. The number of benzene rings is 1. The van der Waals surface area contributed by atoms with Crippen molar-refractivity contribution in [3.05, 3.63) is 29.8 Å². The molecule has 1 atom stereocenters. The van der Waals surface area contributed by atoms with E-state index in [4.69, 9.17) is 31.7 Å². The number of nitrogens with zero attached hydrogens (tertiary/aromatic N) is 4. The van der Waals surface area contributed by atoms with Gasteiger partial charge in [0.05, 0.1) is 0 Å². The van der Waals surface area contributed by atoms with Crippen molar-refractivity contribution in [1.29, 1.82) is 0 Å². The highest BCUT2D eigenvalue weighted by atomic mass is 32.1. The summed E-state index contributed by atoms with van der Waals surface area (Å²) in [6.45, 7) is 7.30. The van der Waals surface area contributed by atoms with E-state index in [2.05, 4.69) is 33.4 Å². The maximum Gasteiger partial charge on any atom is 0.232 e. The van der Waals surface area contributed by atoms with E-state index < -0.39 is 0 Å². The van der Waals surface area contributed by atoms with Crippen molar-refractivity contribution in [3.63, 3.8) is 0 Å². The number of ether oxygens (including phenoxy) is 2. The second-order valence-electron chi connectivity index (χ2n) is 8.79. The lowest BCUT2D eigenvalue weighted by Crippen LogP contribution is -2.35. The van der Waals surface area contributed by atoms with E-state index in [1.807, 2.05) is 18.2 Å². The topological polar surface area (TPSA) is 74.8 Å². The molecule has 5 rings (SSSR count). The van der Waals surface area contributed by atoms with Crippen LogP contribution in [0.3, 0.4) is 0 Å². The smallest absolute Gasteiger partial charge is 0.232 e. The van der Waals surface area contributed by atoms with Gasteiger partial charge in [-0.3, -0.25) is 0 Å². The molecule has 0 spiro atoms. The summed E-state index contributed by atoms with van der Waals surface area (Å²) in [4.78, 5) is 14.3. The molecular formula is C23H30N6O2S. The highest BCUT2D eigenvalue weighted by Gasteiger charge is 2.22. The third kappa shape index (κ3) is 4.82. The van der Waals surface area contributed by atoms with Gasteiger partial charge in [0.2, 0.25) is 12.7 Å². The molecule has 9 heteroatoms. The van der Waals surface area contributed by atoms with Crippen LogP contribution in [0.1, 0.15) is 38.2 Å². The number of thiocarbonyl (C=S) groups is 1. The summed E-state index contributed by atoms with van der Waals surface area (Å²) in [5.74, 6) is 4.73. The molecule has 4 heterocycles. The minimum atomic E-state index is 0.273. The molecule has 8 nitrogen and oxygen atoms in total. The number of nitrogens with one attached hydrogen (secondary N) is 2. The molecule has 0 radical (unpaired) electrons. The first-order valence-electron chi connectivity index (χ1n) is 11.5. The summed E-state index contributed by atoms with van der Waals surface area (Å²) in [5.41, 5.74) is 1.06. The van der Waals surface area contributed by atoms with Crippen molar-refractivity contribution >= 4 is 34.9 Å². The summed E-state index contributed by atoms with van der Waals surface area (Å²) in [6.07, 6.45) is 4.89. The van der Waals surface area contributed by atoms with E-state index in [1.165, 1.54) is 25.7 Å². The fraction of sp³-hybridized carbons (Fsp3) is 0.522. The van der Waals surface area contributed by atoms with Gasteiger partial charge in [0, 0.05) is 38.8 Å². The van der Waals surface area contributed by atoms with Crippen LogP contribution in [0.2, 0.25) is 0 Å². The van der Waals surface area contributed by atoms with E-state index in [0.717, 1.165) is 54.9 Å². The van der Waals surface area contributed by atoms with Crippen molar-refractivity contribution in [1.82, 2.24) is 15.3 Å². The van der Waals surface area contributed by atoms with Crippen LogP contribution in [0.15, 0.2) is 24.3 Å². The Kier molecular flexibility index (Phi) is 6.16. The molecule has 1 unspecified atom stereocenters. The predicted molar refractivity (Wildman–Crippen MR) is 130 cm³/mol. The molecule has 0 amide bonds. The summed E-state index contributed by atoms with van der Waals surface area (Å²) < 4.78 is 10.8. The highest BCUT2D eigenvalue weighted by molar-refractivity contribution is 7.80. The van der Waals surface area contributed by atoms with Gasteiger partial charge in [0.1, 0.15) is 11.6 Å². The van der Waals surface area contributed by atoms with E-state index in [9.17, 15) is 0 Å².